The number of unbranched alkanes of at least 4 members (excludes halogenated alkanes) is 2. The Morgan fingerprint density at radius 1 is 1.09 bits per heavy atom. The van der Waals surface area contributed by atoms with Crippen LogP contribution in [0.2, 0.25) is 0 Å². The SMILES string of the molecule is C=C/C=C\C(CCCCCc1ccccc1C(=O)O)=C(/C)NS(=O)c1c(C)cc(C)cc1C. The van der Waals surface area contributed by atoms with Gasteiger partial charge in [-0.3, -0.25) is 0 Å². The van der Waals surface area contributed by atoms with Crippen LogP contribution in [0.15, 0.2) is 77.4 Å². The summed E-state index contributed by atoms with van der Waals surface area (Å²) in [6.45, 7) is 11.8. The molecular formula is C28H35NO3S. The molecule has 0 saturated heterocycles. The zero-order chi connectivity index (χ0) is 24.4. The largest absolute Gasteiger partial charge is 0.478 e. The van der Waals surface area contributed by atoms with Crippen LogP contribution in [0.4, 0.5) is 0 Å². The van der Waals surface area contributed by atoms with Gasteiger partial charge in [0.25, 0.3) is 0 Å². The molecule has 2 rings (SSSR count). The number of carboxylic acids is 1. The van der Waals surface area contributed by atoms with Gasteiger partial charge in [-0.05, 0) is 81.7 Å². The highest BCUT2D eigenvalue weighted by Gasteiger charge is 2.13. The van der Waals surface area contributed by atoms with E-state index in [2.05, 4.69) is 23.4 Å². The summed E-state index contributed by atoms with van der Waals surface area (Å²) in [4.78, 5) is 12.2. The first-order valence-electron chi connectivity index (χ1n) is 11.3. The molecule has 2 aromatic rings. The Kier molecular flexibility index (Phi) is 10.3. The summed E-state index contributed by atoms with van der Waals surface area (Å²) in [5.41, 5.74) is 6.46. The standard InChI is InChI=1S/C28H35NO3S/c1-6-7-13-24(14-9-8-10-15-25-16-11-12-17-26(25)28(30)31)23(5)29-33(32)27-21(3)18-20(2)19-22(27)4/h6-7,11-13,16-19,29H,1,8-10,14-15H2,2-5H3,(H,30,31)/b13-7-,24-23-. The maximum absolute atomic E-state index is 13.1. The van der Waals surface area contributed by atoms with Crippen LogP contribution >= 0.6 is 0 Å². The van der Waals surface area contributed by atoms with Gasteiger partial charge >= 0.3 is 5.97 Å². The lowest BCUT2D eigenvalue weighted by molar-refractivity contribution is 0.0695. The molecule has 33 heavy (non-hydrogen) atoms. The quantitative estimate of drug-likeness (QED) is 0.269. The second-order valence-corrected chi connectivity index (χ2v) is 9.52. The minimum absolute atomic E-state index is 0.385. The van der Waals surface area contributed by atoms with Gasteiger partial charge in [0.2, 0.25) is 0 Å². The van der Waals surface area contributed by atoms with Crippen molar-refractivity contribution in [3.05, 3.63) is 100 Å². The fraction of sp³-hybridized carbons (Fsp3) is 0.321. The molecule has 0 aliphatic carbocycles. The number of aryl methyl sites for hydroxylation is 4. The van der Waals surface area contributed by atoms with E-state index in [1.165, 1.54) is 5.56 Å². The topological polar surface area (TPSA) is 66.4 Å². The van der Waals surface area contributed by atoms with Gasteiger partial charge in [0, 0.05) is 5.70 Å². The summed E-state index contributed by atoms with van der Waals surface area (Å²) in [5, 5.41) is 9.33. The van der Waals surface area contributed by atoms with E-state index in [-0.39, 0.29) is 0 Å². The average Bonchev–Trinajstić information content (AvgIpc) is 2.74. The second kappa shape index (κ2) is 12.9. The molecule has 2 N–H and O–H groups in total. The van der Waals surface area contributed by atoms with E-state index >= 15 is 0 Å². The summed E-state index contributed by atoms with van der Waals surface area (Å²) < 4.78 is 16.3. The Balaban J connectivity index is 2.02. The van der Waals surface area contributed by atoms with Crippen LogP contribution in [0.3, 0.4) is 0 Å². The number of aromatic carboxylic acids is 1. The van der Waals surface area contributed by atoms with Crippen molar-refractivity contribution >= 4 is 17.0 Å². The van der Waals surface area contributed by atoms with Crippen molar-refractivity contribution in [2.45, 2.75) is 64.7 Å². The number of nitrogens with one attached hydrogen (secondary N) is 1. The van der Waals surface area contributed by atoms with Crippen molar-refractivity contribution < 1.29 is 14.1 Å². The summed E-state index contributed by atoms with van der Waals surface area (Å²) in [6.07, 6.45) is 10.1. The van der Waals surface area contributed by atoms with Gasteiger partial charge in [-0.1, -0.05) is 67.1 Å². The fourth-order valence-electron chi connectivity index (χ4n) is 4.05. The van der Waals surface area contributed by atoms with Gasteiger partial charge in [-0.25, -0.2) is 9.00 Å². The first-order chi connectivity index (χ1) is 15.7. The van der Waals surface area contributed by atoms with Crippen molar-refractivity contribution in [2.24, 2.45) is 0 Å². The molecule has 0 aliphatic rings. The molecular weight excluding hydrogens is 430 g/mol. The summed E-state index contributed by atoms with van der Waals surface area (Å²) in [5.74, 6) is -0.876. The van der Waals surface area contributed by atoms with Gasteiger partial charge in [0.15, 0.2) is 11.0 Å². The molecule has 176 valence electrons. The molecule has 0 saturated carbocycles. The van der Waals surface area contributed by atoms with E-state index in [1.807, 2.05) is 52.0 Å². The van der Waals surface area contributed by atoms with E-state index in [0.29, 0.717) is 5.56 Å². The number of carboxylic acid groups (broad SMARTS) is 1. The maximum Gasteiger partial charge on any atom is 0.335 e. The minimum Gasteiger partial charge on any atom is -0.478 e. The van der Waals surface area contributed by atoms with Crippen molar-refractivity contribution in [1.82, 2.24) is 4.72 Å². The molecule has 0 bridgehead atoms. The Morgan fingerprint density at radius 2 is 1.76 bits per heavy atom. The van der Waals surface area contributed by atoms with Crippen LogP contribution in [-0.2, 0) is 17.4 Å². The second-order valence-electron chi connectivity index (χ2n) is 8.37. The zero-order valence-electron chi connectivity index (χ0n) is 20.1. The van der Waals surface area contributed by atoms with E-state index in [0.717, 1.165) is 65.0 Å². The van der Waals surface area contributed by atoms with Crippen molar-refractivity contribution in [1.29, 1.82) is 0 Å². The van der Waals surface area contributed by atoms with Gasteiger partial charge in [0.05, 0.1) is 10.5 Å². The molecule has 1 atom stereocenters. The van der Waals surface area contributed by atoms with Crippen LogP contribution in [-0.4, -0.2) is 15.3 Å². The molecule has 5 heteroatoms. The van der Waals surface area contributed by atoms with E-state index < -0.39 is 17.0 Å². The third-order valence-corrected chi connectivity index (χ3v) is 7.10. The smallest absolute Gasteiger partial charge is 0.335 e. The molecule has 0 spiro atoms. The third kappa shape index (κ3) is 7.86. The lowest BCUT2D eigenvalue weighted by atomic mass is 9.99. The molecule has 0 heterocycles. The Labute approximate surface area is 200 Å². The maximum atomic E-state index is 13.1. The van der Waals surface area contributed by atoms with Gasteiger partial charge in [-0.15, -0.1) is 0 Å². The lowest BCUT2D eigenvalue weighted by Crippen LogP contribution is -2.18. The van der Waals surface area contributed by atoms with Crippen LogP contribution in [0.1, 0.15) is 65.2 Å². The highest BCUT2D eigenvalue weighted by Crippen LogP contribution is 2.22. The predicted octanol–water partition coefficient (Wildman–Crippen LogP) is 6.74. The number of allylic oxidation sites excluding steroid dienone is 5. The van der Waals surface area contributed by atoms with Gasteiger partial charge in [0.1, 0.15) is 0 Å². The first kappa shape index (κ1) is 26.3. The van der Waals surface area contributed by atoms with E-state index in [1.54, 1.807) is 18.2 Å². The Bertz CT molecular complexity index is 1060. The zero-order valence-corrected chi connectivity index (χ0v) is 20.9. The number of hydrogen-bond acceptors (Lipinski definition) is 2. The summed E-state index contributed by atoms with van der Waals surface area (Å²) in [7, 11) is -1.34. The number of rotatable bonds is 12. The molecule has 0 aliphatic heterocycles. The fourth-order valence-corrected chi connectivity index (χ4v) is 5.26. The van der Waals surface area contributed by atoms with Crippen LogP contribution in [0, 0.1) is 20.8 Å². The summed E-state index contributed by atoms with van der Waals surface area (Å²) >= 11 is 0. The lowest BCUT2D eigenvalue weighted by Gasteiger charge is -2.15. The molecule has 0 aromatic heterocycles. The van der Waals surface area contributed by atoms with E-state index in [4.69, 9.17) is 0 Å². The third-order valence-electron chi connectivity index (χ3n) is 5.59. The molecule has 0 fully saturated rings. The van der Waals surface area contributed by atoms with E-state index in [9.17, 15) is 14.1 Å². The first-order valence-corrected chi connectivity index (χ1v) is 12.5. The molecule has 1 unspecified atom stereocenters. The Morgan fingerprint density at radius 3 is 2.39 bits per heavy atom. The minimum atomic E-state index is -1.34. The van der Waals surface area contributed by atoms with Gasteiger partial charge in [-0.2, -0.15) is 0 Å². The molecule has 0 amide bonds. The van der Waals surface area contributed by atoms with Crippen molar-refractivity contribution in [3.8, 4) is 0 Å². The van der Waals surface area contributed by atoms with Gasteiger partial charge < -0.3 is 9.83 Å². The van der Waals surface area contributed by atoms with Crippen molar-refractivity contribution in [3.63, 3.8) is 0 Å². The predicted molar refractivity (Wildman–Crippen MR) is 138 cm³/mol. The number of carbonyl (C=O) groups is 1. The highest BCUT2D eigenvalue weighted by atomic mass is 32.2. The van der Waals surface area contributed by atoms with Crippen LogP contribution < -0.4 is 4.72 Å². The summed E-state index contributed by atoms with van der Waals surface area (Å²) in [6, 6.07) is 11.3. The normalized spacial score (nSPS) is 13.0. The molecule has 0 radical (unpaired) electrons. The average molecular weight is 466 g/mol. The van der Waals surface area contributed by atoms with Crippen molar-refractivity contribution in [2.75, 3.05) is 0 Å². The number of benzene rings is 2. The Hall–Kier alpha value is -2.92. The van der Waals surface area contributed by atoms with Crippen LogP contribution in [0.25, 0.3) is 0 Å². The molecule has 2 aromatic carbocycles. The number of hydrogen-bond donors (Lipinski definition) is 2. The van der Waals surface area contributed by atoms with Crippen LogP contribution in [0.5, 0.6) is 0 Å². The molecule has 4 nitrogen and oxygen atoms in total. The monoisotopic (exact) mass is 465 g/mol. The highest BCUT2D eigenvalue weighted by molar-refractivity contribution is 7.83.